The van der Waals surface area contributed by atoms with Crippen LogP contribution in [0.2, 0.25) is 0 Å². The number of hydrogen-bond donors (Lipinski definition) is 1. The molecule has 0 aromatic heterocycles. The Morgan fingerprint density at radius 2 is 1.89 bits per heavy atom. The molecule has 0 aliphatic rings. The van der Waals surface area contributed by atoms with Crippen molar-refractivity contribution in [3.8, 4) is 11.5 Å². The van der Waals surface area contributed by atoms with Crippen molar-refractivity contribution in [2.75, 3.05) is 19.5 Å². The minimum absolute atomic E-state index is 0.0139. The van der Waals surface area contributed by atoms with Crippen molar-refractivity contribution in [3.05, 3.63) is 57.9 Å². The Morgan fingerprint density at radius 1 is 1.18 bits per heavy atom. The third-order valence-corrected chi connectivity index (χ3v) is 3.69. The number of halogens is 1. The Balaban J connectivity index is 2.12. The van der Waals surface area contributed by atoms with Crippen molar-refractivity contribution in [3.63, 3.8) is 0 Å². The number of methoxy groups -OCH3 is 2. The number of nitrogens with zero attached hydrogens (tertiary/aromatic N) is 1. The molecule has 0 aliphatic carbocycles. The topological polar surface area (TPSA) is 117 Å². The zero-order chi connectivity index (χ0) is 20.8. The first-order valence-corrected chi connectivity index (χ1v) is 7.95. The molecule has 0 saturated heterocycles. The summed E-state index contributed by atoms with van der Waals surface area (Å²) >= 11 is 0. The van der Waals surface area contributed by atoms with E-state index in [4.69, 9.17) is 14.2 Å². The van der Waals surface area contributed by atoms with Gasteiger partial charge in [0.15, 0.2) is 17.6 Å². The summed E-state index contributed by atoms with van der Waals surface area (Å²) in [5.41, 5.74) is -0.748. The lowest BCUT2D eigenvalue weighted by molar-refractivity contribution is -0.387. The van der Waals surface area contributed by atoms with Crippen LogP contribution in [-0.4, -0.2) is 37.1 Å². The summed E-state index contributed by atoms with van der Waals surface area (Å²) in [6.07, 6.45) is -1.24. The monoisotopic (exact) mass is 392 g/mol. The van der Waals surface area contributed by atoms with Crippen LogP contribution in [0.15, 0.2) is 36.4 Å². The van der Waals surface area contributed by atoms with Gasteiger partial charge in [0, 0.05) is 11.8 Å². The van der Waals surface area contributed by atoms with Gasteiger partial charge in [-0.2, -0.15) is 4.39 Å². The fourth-order valence-electron chi connectivity index (χ4n) is 2.30. The second-order valence-electron chi connectivity index (χ2n) is 5.50. The third kappa shape index (κ3) is 4.53. The average molecular weight is 392 g/mol. The highest BCUT2D eigenvalue weighted by Gasteiger charge is 2.24. The summed E-state index contributed by atoms with van der Waals surface area (Å²) in [4.78, 5) is 34.4. The van der Waals surface area contributed by atoms with Crippen molar-refractivity contribution >= 4 is 23.3 Å². The number of carbonyl (C=O) groups excluding carboxylic acids is 2. The van der Waals surface area contributed by atoms with E-state index in [0.29, 0.717) is 5.75 Å². The van der Waals surface area contributed by atoms with Crippen molar-refractivity contribution in [1.29, 1.82) is 0 Å². The van der Waals surface area contributed by atoms with Gasteiger partial charge >= 0.3 is 11.7 Å². The molecule has 2 aromatic rings. The number of rotatable bonds is 7. The summed E-state index contributed by atoms with van der Waals surface area (Å²) in [6.45, 7) is 1.32. The SMILES string of the molecule is COc1cccc(C(=O)O[C@@H](C)C(=O)Nc2ccc(F)c([N+](=O)[O-])c2)c1OC. The summed E-state index contributed by atoms with van der Waals surface area (Å²) < 4.78 is 28.7. The van der Waals surface area contributed by atoms with E-state index in [1.807, 2.05) is 0 Å². The number of nitrogens with one attached hydrogen (secondary N) is 1. The Kier molecular flexibility index (Phi) is 6.48. The fourth-order valence-corrected chi connectivity index (χ4v) is 2.30. The van der Waals surface area contributed by atoms with Crippen LogP contribution in [0.1, 0.15) is 17.3 Å². The van der Waals surface area contributed by atoms with Crippen molar-refractivity contribution in [1.82, 2.24) is 0 Å². The number of amides is 1. The molecule has 0 fully saturated rings. The van der Waals surface area contributed by atoms with Gasteiger partial charge in [-0.25, -0.2) is 4.79 Å². The number of nitro benzene ring substituents is 1. The minimum atomic E-state index is -1.24. The molecule has 1 amide bonds. The van der Waals surface area contributed by atoms with E-state index in [-0.39, 0.29) is 17.0 Å². The van der Waals surface area contributed by atoms with Crippen molar-refractivity contribution in [2.45, 2.75) is 13.0 Å². The van der Waals surface area contributed by atoms with Crippen LogP contribution in [-0.2, 0) is 9.53 Å². The molecule has 0 heterocycles. The standard InChI is InChI=1S/C18H17FN2O7/c1-10(17(22)20-11-7-8-13(19)14(9-11)21(24)25)28-18(23)12-5-4-6-15(26-2)16(12)27-3/h4-10H,1-3H3,(H,20,22)/t10-/m0/s1. The number of hydrogen-bond acceptors (Lipinski definition) is 7. The Labute approximate surface area is 159 Å². The molecule has 10 heteroatoms. The summed E-state index contributed by atoms with van der Waals surface area (Å²) in [7, 11) is 2.76. The van der Waals surface area contributed by atoms with Crippen LogP contribution in [0, 0.1) is 15.9 Å². The largest absolute Gasteiger partial charge is 0.493 e. The van der Waals surface area contributed by atoms with Crippen molar-refractivity contribution in [2.24, 2.45) is 0 Å². The first kappa shape index (κ1) is 20.6. The van der Waals surface area contributed by atoms with Crippen LogP contribution >= 0.6 is 0 Å². The van der Waals surface area contributed by atoms with E-state index < -0.39 is 34.4 Å². The second-order valence-corrected chi connectivity index (χ2v) is 5.50. The predicted octanol–water partition coefficient (Wildman–Crippen LogP) is 2.94. The van der Waals surface area contributed by atoms with E-state index >= 15 is 0 Å². The lowest BCUT2D eigenvalue weighted by Crippen LogP contribution is -2.30. The molecular weight excluding hydrogens is 375 g/mol. The molecular formula is C18H17FN2O7. The van der Waals surface area contributed by atoms with Crippen LogP contribution < -0.4 is 14.8 Å². The molecule has 0 unspecified atom stereocenters. The zero-order valence-electron chi connectivity index (χ0n) is 15.2. The molecule has 148 valence electrons. The molecule has 1 N–H and O–H groups in total. The van der Waals surface area contributed by atoms with Gasteiger partial charge in [0.1, 0.15) is 5.56 Å². The van der Waals surface area contributed by atoms with E-state index in [9.17, 15) is 24.1 Å². The van der Waals surface area contributed by atoms with Gasteiger partial charge < -0.3 is 19.5 Å². The molecule has 2 aromatic carbocycles. The van der Waals surface area contributed by atoms with Crippen LogP contribution in [0.3, 0.4) is 0 Å². The number of carbonyl (C=O) groups is 2. The van der Waals surface area contributed by atoms with Gasteiger partial charge in [0.05, 0.1) is 19.1 Å². The maximum atomic E-state index is 13.4. The second kappa shape index (κ2) is 8.80. The Morgan fingerprint density at radius 3 is 2.50 bits per heavy atom. The molecule has 1 atom stereocenters. The lowest BCUT2D eigenvalue weighted by atomic mass is 10.2. The van der Waals surface area contributed by atoms with Gasteiger partial charge in [-0.15, -0.1) is 0 Å². The molecule has 28 heavy (non-hydrogen) atoms. The lowest BCUT2D eigenvalue weighted by Gasteiger charge is -2.16. The number of nitro groups is 1. The summed E-state index contributed by atoms with van der Waals surface area (Å²) in [5, 5.41) is 13.1. The number of esters is 1. The molecule has 0 aliphatic heterocycles. The van der Waals surface area contributed by atoms with E-state index in [0.717, 1.165) is 18.2 Å². The smallest absolute Gasteiger partial charge is 0.342 e. The molecule has 2 rings (SSSR count). The van der Waals surface area contributed by atoms with Gasteiger partial charge in [-0.3, -0.25) is 14.9 Å². The average Bonchev–Trinajstić information content (AvgIpc) is 2.68. The van der Waals surface area contributed by atoms with Crippen LogP contribution in [0.5, 0.6) is 11.5 Å². The number of ether oxygens (including phenoxy) is 3. The Bertz CT molecular complexity index is 917. The zero-order valence-corrected chi connectivity index (χ0v) is 15.2. The van der Waals surface area contributed by atoms with Crippen LogP contribution in [0.25, 0.3) is 0 Å². The highest BCUT2D eigenvalue weighted by Crippen LogP contribution is 2.31. The summed E-state index contributed by atoms with van der Waals surface area (Å²) in [5.74, 6) is -2.16. The highest BCUT2D eigenvalue weighted by atomic mass is 19.1. The van der Waals surface area contributed by atoms with Gasteiger partial charge in [-0.1, -0.05) is 6.07 Å². The maximum absolute atomic E-state index is 13.4. The summed E-state index contributed by atoms with van der Waals surface area (Å²) in [6, 6.07) is 7.46. The van der Waals surface area contributed by atoms with Gasteiger partial charge in [-0.05, 0) is 31.2 Å². The minimum Gasteiger partial charge on any atom is -0.493 e. The molecule has 0 bridgehead atoms. The Hall–Kier alpha value is -3.69. The molecule has 0 spiro atoms. The first-order valence-electron chi connectivity index (χ1n) is 7.95. The molecule has 0 radical (unpaired) electrons. The quantitative estimate of drug-likeness (QED) is 0.437. The van der Waals surface area contributed by atoms with E-state index in [1.165, 1.54) is 27.2 Å². The van der Waals surface area contributed by atoms with Crippen molar-refractivity contribution < 1.29 is 33.1 Å². The predicted molar refractivity (Wildman–Crippen MR) is 96.1 cm³/mol. The van der Waals surface area contributed by atoms with E-state index in [1.54, 1.807) is 12.1 Å². The van der Waals surface area contributed by atoms with Gasteiger partial charge in [0.25, 0.3) is 5.91 Å². The van der Waals surface area contributed by atoms with Gasteiger partial charge in [0.2, 0.25) is 5.82 Å². The third-order valence-electron chi connectivity index (χ3n) is 3.69. The van der Waals surface area contributed by atoms with Crippen LogP contribution in [0.4, 0.5) is 15.8 Å². The molecule has 9 nitrogen and oxygen atoms in total. The number of benzene rings is 2. The number of para-hydroxylation sites is 1. The highest BCUT2D eigenvalue weighted by molar-refractivity contribution is 5.98. The normalized spacial score (nSPS) is 11.3. The first-order chi connectivity index (χ1) is 13.3. The number of anilines is 1. The molecule has 0 saturated carbocycles. The fraction of sp³-hybridized carbons (Fsp3) is 0.222. The maximum Gasteiger partial charge on any atom is 0.342 e. The van der Waals surface area contributed by atoms with E-state index in [2.05, 4.69) is 5.32 Å².